The van der Waals surface area contributed by atoms with Crippen molar-refractivity contribution in [3.63, 3.8) is 0 Å². The molecular weight excluding hydrogens is 382 g/mol. The molecule has 0 saturated heterocycles. The summed E-state index contributed by atoms with van der Waals surface area (Å²) in [5, 5.41) is 0.845. The van der Waals surface area contributed by atoms with Gasteiger partial charge >= 0.3 is 0 Å². The lowest BCUT2D eigenvalue weighted by Crippen LogP contribution is -2.16. The van der Waals surface area contributed by atoms with Crippen LogP contribution in [0.1, 0.15) is 5.56 Å². The third kappa shape index (κ3) is 4.46. The second kappa shape index (κ2) is 9.44. The zero-order valence-corrected chi connectivity index (χ0v) is 16.8. The molecule has 0 fully saturated rings. The van der Waals surface area contributed by atoms with Crippen LogP contribution < -0.4 is 14.4 Å². The third-order valence-electron chi connectivity index (χ3n) is 4.74. The molecule has 30 heavy (non-hydrogen) atoms. The summed E-state index contributed by atoms with van der Waals surface area (Å²) >= 11 is 0. The number of ether oxygens (including phenoxy) is 4. The van der Waals surface area contributed by atoms with Gasteiger partial charge in [0.2, 0.25) is 0 Å². The summed E-state index contributed by atoms with van der Waals surface area (Å²) in [4.78, 5) is 10.9. The molecule has 0 saturated carbocycles. The van der Waals surface area contributed by atoms with E-state index in [1.54, 1.807) is 6.33 Å². The van der Waals surface area contributed by atoms with Crippen LogP contribution in [0.3, 0.4) is 0 Å². The first-order valence-electron chi connectivity index (χ1n) is 9.76. The van der Waals surface area contributed by atoms with E-state index < -0.39 is 0 Å². The molecule has 0 amide bonds. The molecule has 0 unspecified atom stereocenters. The number of nitrogens with zero attached hydrogens (tertiary/aromatic N) is 3. The molecule has 0 spiro atoms. The Morgan fingerprint density at radius 1 is 0.900 bits per heavy atom. The first kappa shape index (κ1) is 20.0. The Morgan fingerprint density at radius 3 is 2.33 bits per heavy atom. The fourth-order valence-electron chi connectivity index (χ4n) is 3.21. The summed E-state index contributed by atoms with van der Waals surface area (Å²) in [7, 11) is 1.94. The number of fused-ring (bicyclic) bond motifs is 2. The average molecular weight is 405 g/mol. The van der Waals surface area contributed by atoms with E-state index in [0.717, 1.165) is 28.0 Å². The van der Waals surface area contributed by atoms with Gasteiger partial charge < -0.3 is 23.8 Å². The Labute approximate surface area is 175 Å². The fraction of sp³-hybridized carbons (Fsp3) is 0.304. The highest BCUT2D eigenvalue weighted by atomic mass is 16.6. The summed E-state index contributed by atoms with van der Waals surface area (Å²) in [5.74, 6) is 4.65. The van der Waals surface area contributed by atoms with Crippen molar-refractivity contribution in [2.24, 2.45) is 0 Å². The van der Waals surface area contributed by atoms with Crippen molar-refractivity contribution >= 4 is 22.4 Å². The highest BCUT2D eigenvalue weighted by molar-refractivity contribution is 5.93. The fourth-order valence-corrected chi connectivity index (χ4v) is 3.21. The van der Waals surface area contributed by atoms with Crippen molar-refractivity contribution in [1.82, 2.24) is 9.97 Å². The average Bonchev–Trinajstić information content (AvgIpc) is 2.78. The van der Waals surface area contributed by atoms with Crippen LogP contribution in [0.4, 0.5) is 11.5 Å². The minimum absolute atomic E-state index is 0.408. The number of benzene rings is 2. The van der Waals surface area contributed by atoms with Gasteiger partial charge in [-0.25, -0.2) is 9.97 Å². The Kier molecular flexibility index (Phi) is 6.28. The van der Waals surface area contributed by atoms with E-state index in [1.165, 1.54) is 0 Å². The molecule has 0 radical (unpaired) electrons. The van der Waals surface area contributed by atoms with Crippen LogP contribution in [0.5, 0.6) is 11.5 Å². The van der Waals surface area contributed by atoms with E-state index in [2.05, 4.69) is 15.9 Å². The molecule has 0 atom stereocenters. The third-order valence-corrected chi connectivity index (χ3v) is 4.74. The molecule has 0 N–H and O–H groups in total. The van der Waals surface area contributed by atoms with E-state index >= 15 is 0 Å². The smallest absolute Gasteiger partial charge is 0.163 e. The van der Waals surface area contributed by atoms with Gasteiger partial charge in [0.05, 0.1) is 31.9 Å². The molecule has 4 rings (SSSR count). The highest BCUT2D eigenvalue weighted by Gasteiger charge is 2.16. The van der Waals surface area contributed by atoms with Crippen LogP contribution >= 0.6 is 0 Å². The zero-order valence-electron chi connectivity index (χ0n) is 16.8. The maximum atomic E-state index is 5.95. The second-order valence-electron chi connectivity index (χ2n) is 6.69. The molecule has 2 aromatic carbocycles. The van der Waals surface area contributed by atoms with E-state index in [4.69, 9.17) is 25.4 Å². The molecule has 7 nitrogen and oxygen atoms in total. The van der Waals surface area contributed by atoms with E-state index in [9.17, 15) is 0 Å². The highest BCUT2D eigenvalue weighted by Crippen LogP contribution is 2.36. The monoisotopic (exact) mass is 405 g/mol. The summed E-state index contributed by atoms with van der Waals surface area (Å²) in [6.07, 6.45) is 7.09. The van der Waals surface area contributed by atoms with Crippen LogP contribution in [0.2, 0.25) is 0 Å². The molecule has 0 bridgehead atoms. The lowest BCUT2D eigenvalue weighted by molar-refractivity contribution is 0.0224. The van der Waals surface area contributed by atoms with E-state index in [0.29, 0.717) is 51.1 Å². The van der Waals surface area contributed by atoms with Gasteiger partial charge in [0.25, 0.3) is 0 Å². The molecule has 1 aromatic heterocycles. The predicted octanol–water partition coefficient (Wildman–Crippen LogP) is 3.18. The first-order valence-corrected chi connectivity index (χ1v) is 9.76. The topological polar surface area (TPSA) is 65.9 Å². The minimum atomic E-state index is 0.408. The molecule has 3 aromatic rings. The number of hydrogen-bond donors (Lipinski definition) is 0. The standard InChI is InChI=1S/C23H23N3O4/c1-3-17-5-4-6-18(13-17)26(2)23-19-14-21-22(15-20(19)24-16-25-23)30-12-10-28-8-7-27-9-11-29-21/h1,4-6,13-16H,7-12H2,2H3. The predicted molar refractivity (Wildman–Crippen MR) is 115 cm³/mol. The van der Waals surface area contributed by atoms with Gasteiger partial charge in [-0.3, -0.25) is 0 Å². The normalized spacial score (nSPS) is 14.9. The van der Waals surface area contributed by atoms with Crippen molar-refractivity contribution in [2.75, 3.05) is 51.6 Å². The molecule has 2 heterocycles. The molecule has 1 aliphatic heterocycles. The van der Waals surface area contributed by atoms with Crippen LogP contribution in [0.25, 0.3) is 10.9 Å². The molecule has 0 aliphatic carbocycles. The number of anilines is 2. The van der Waals surface area contributed by atoms with Crippen molar-refractivity contribution in [1.29, 1.82) is 0 Å². The lowest BCUT2D eigenvalue weighted by Gasteiger charge is -2.21. The Morgan fingerprint density at radius 2 is 1.60 bits per heavy atom. The second-order valence-corrected chi connectivity index (χ2v) is 6.69. The van der Waals surface area contributed by atoms with Gasteiger partial charge in [-0.2, -0.15) is 0 Å². The van der Waals surface area contributed by atoms with Crippen LogP contribution in [0, 0.1) is 12.3 Å². The van der Waals surface area contributed by atoms with E-state index in [1.807, 2.05) is 48.3 Å². The van der Waals surface area contributed by atoms with Gasteiger partial charge in [0, 0.05) is 29.8 Å². The van der Waals surface area contributed by atoms with Crippen LogP contribution in [-0.4, -0.2) is 56.7 Å². The quantitative estimate of drug-likeness (QED) is 0.607. The van der Waals surface area contributed by atoms with Crippen LogP contribution in [0.15, 0.2) is 42.7 Å². The number of terminal acetylenes is 1. The van der Waals surface area contributed by atoms with Crippen molar-refractivity contribution < 1.29 is 18.9 Å². The van der Waals surface area contributed by atoms with Gasteiger partial charge in [0.15, 0.2) is 11.5 Å². The largest absolute Gasteiger partial charge is 0.487 e. The summed E-state index contributed by atoms with van der Waals surface area (Å²) in [5.41, 5.74) is 2.49. The van der Waals surface area contributed by atoms with Gasteiger partial charge in [-0.1, -0.05) is 12.0 Å². The van der Waals surface area contributed by atoms with Crippen molar-refractivity contribution in [3.8, 4) is 23.8 Å². The van der Waals surface area contributed by atoms with Crippen LogP contribution in [-0.2, 0) is 9.47 Å². The summed E-state index contributed by atoms with van der Waals surface area (Å²) < 4.78 is 22.9. The van der Waals surface area contributed by atoms with Gasteiger partial charge in [-0.05, 0) is 24.3 Å². The number of rotatable bonds is 2. The Balaban J connectivity index is 1.72. The van der Waals surface area contributed by atoms with Gasteiger partial charge in [-0.15, -0.1) is 6.42 Å². The number of aromatic nitrogens is 2. The van der Waals surface area contributed by atoms with Gasteiger partial charge in [0.1, 0.15) is 25.4 Å². The lowest BCUT2D eigenvalue weighted by atomic mass is 10.1. The summed E-state index contributed by atoms with van der Waals surface area (Å²) in [6, 6.07) is 11.5. The Hall–Kier alpha value is -3.34. The minimum Gasteiger partial charge on any atom is -0.487 e. The van der Waals surface area contributed by atoms with Crippen molar-refractivity contribution in [3.05, 3.63) is 48.3 Å². The molecule has 154 valence electrons. The van der Waals surface area contributed by atoms with E-state index in [-0.39, 0.29) is 0 Å². The molecular formula is C23H23N3O4. The molecule has 7 heteroatoms. The maximum absolute atomic E-state index is 5.95. The first-order chi connectivity index (χ1) is 14.8. The maximum Gasteiger partial charge on any atom is 0.163 e. The molecule has 1 aliphatic rings. The zero-order chi connectivity index (χ0) is 20.8. The Bertz CT molecular complexity index is 1060. The SMILES string of the molecule is C#Cc1cccc(N(C)c2ncnc3cc4c(cc23)OCCOCCOCCO4)c1. The number of hydrogen-bond acceptors (Lipinski definition) is 7. The van der Waals surface area contributed by atoms with Crippen molar-refractivity contribution in [2.45, 2.75) is 0 Å². The summed E-state index contributed by atoms with van der Waals surface area (Å²) in [6.45, 7) is 2.84.